The summed E-state index contributed by atoms with van der Waals surface area (Å²) in [4.78, 5) is 23.0. The molecule has 19 heavy (non-hydrogen) atoms. The van der Waals surface area contributed by atoms with Crippen molar-refractivity contribution < 1.29 is 14.3 Å². The third-order valence-corrected chi connectivity index (χ3v) is 3.01. The van der Waals surface area contributed by atoms with E-state index in [9.17, 15) is 9.59 Å². The Balaban J connectivity index is 2.11. The van der Waals surface area contributed by atoms with Crippen LogP contribution in [0.1, 0.15) is 16.8 Å². The Bertz CT molecular complexity index is 616. The number of nitrogens with one attached hydrogen (secondary N) is 1. The first kappa shape index (κ1) is 13.1. The number of aryl methyl sites for hydroxylation is 1. The van der Waals surface area contributed by atoms with E-state index in [1.54, 1.807) is 6.07 Å². The molecule has 0 aliphatic carbocycles. The minimum Gasteiger partial charge on any atom is -0.469 e. The Labute approximate surface area is 111 Å². The molecule has 0 radical (unpaired) electrons. The average molecular weight is 260 g/mol. The lowest BCUT2D eigenvalue weighted by atomic mass is 10.1. The summed E-state index contributed by atoms with van der Waals surface area (Å²) in [6.07, 6.45) is 2.09. The van der Waals surface area contributed by atoms with E-state index < -0.39 is 0 Å². The van der Waals surface area contributed by atoms with E-state index in [1.165, 1.54) is 7.11 Å². The largest absolute Gasteiger partial charge is 0.469 e. The molecule has 0 atom stereocenters. The molecule has 1 aromatic heterocycles. The lowest BCUT2D eigenvalue weighted by molar-refractivity contribution is -0.140. The van der Waals surface area contributed by atoms with Crippen molar-refractivity contribution in [1.82, 2.24) is 9.88 Å². The van der Waals surface area contributed by atoms with Crippen molar-refractivity contribution in [1.29, 1.82) is 0 Å². The smallest absolute Gasteiger partial charge is 0.307 e. The van der Waals surface area contributed by atoms with Gasteiger partial charge in [-0.1, -0.05) is 6.07 Å². The van der Waals surface area contributed by atoms with Crippen LogP contribution < -0.4 is 5.32 Å². The number of esters is 1. The van der Waals surface area contributed by atoms with Gasteiger partial charge in [0.1, 0.15) is 0 Å². The Morgan fingerprint density at radius 2 is 2.11 bits per heavy atom. The van der Waals surface area contributed by atoms with Crippen LogP contribution in [0, 0.1) is 0 Å². The lowest BCUT2D eigenvalue weighted by Crippen LogP contribution is -2.26. The van der Waals surface area contributed by atoms with Crippen molar-refractivity contribution >= 4 is 22.8 Å². The van der Waals surface area contributed by atoms with Gasteiger partial charge in [-0.3, -0.25) is 9.59 Å². The number of hydrogen-bond donors (Lipinski definition) is 1. The number of amides is 1. The van der Waals surface area contributed by atoms with E-state index in [4.69, 9.17) is 0 Å². The Morgan fingerprint density at radius 3 is 2.84 bits per heavy atom. The maximum atomic E-state index is 12.1. The van der Waals surface area contributed by atoms with E-state index in [0.29, 0.717) is 5.56 Å². The Hall–Kier alpha value is -2.30. The number of benzene rings is 1. The van der Waals surface area contributed by atoms with Crippen LogP contribution >= 0.6 is 0 Å². The van der Waals surface area contributed by atoms with Gasteiger partial charge in [0.05, 0.1) is 13.5 Å². The molecule has 0 spiro atoms. The Morgan fingerprint density at radius 1 is 1.32 bits per heavy atom. The van der Waals surface area contributed by atoms with Crippen molar-refractivity contribution in [2.45, 2.75) is 6.42 Å². The normalized spacial score (nSPS) is 10.4. The number of rotatable bonds is 4. The minimum atomic E-state index is -0.335. The SMILES string of the molecule is COC(=O)CCNC(=O)c1cccc2c1ccn2C. The highest BCUT2D eigenvalue weighted by Crippen LogP contribution is 2.19. The second kappa shape index (κ2) is 5.56. The number of fused-ring (bicyclic) bond motifs is 1. The summed E-state index contributed by atoms with van der Waals surface area (Å²) < 4.78 is 6.48. The standard InChI is InChI=1S/C14H16N2O3/c1-16-9-7-10-11(4-3-5-12(10)16)14(18)15-8-6-13(17)19-2/h3-5,7,9H,6,8H2,1-2H3,(H,15,18). The van der Waals surface area contributed by atoms with Crippen molar-refractivity contribution in [3.8, 4) is 0 Å². The topological polar surface area (TPSA) is 60.3 Å². The molecule has 0 bridgehead atoms. The predicted octanol–water partition coefficient (Wildman–Crippen LogP) is 1.47. The zero-order valence-electron chi connectivity index (χ0n) is 11.0. The van der Waals surface area contributed by atoms with Gasteiger partial charge in [-0.25, -0.2) is 0 Å². The molecule has 0 unspecified atom stereocenters. The number of hydrogen-bond acceptors (Lipinski definition) is 3. The summed E-state index contributed by atoms with van der Waals surface area (Å²) in [5.41, 5.74) is 1.61. The van der Waals surface area contributed by atoms with E-state index in [-0.39, 0.29) is 24.8 Å². The molecule has 0 fully saturated rings. The monoisotopic (exact) mass is 260 g/mol. The van der Waals surface area contributed by atoms with Crippen LogP contribution in [0.4, 0.5) is 0 Å². The highest BCUT2D eigenvalue weighted by Gasteiger charge is 2.11. The number of carbonyl (C=O) groups excluding carboxylic acids is 2. The highest BCUT2D eigenvalue weighted by molar-refractivity contribution is 6.06. The average Bonchev–Trinajstić information content (AvgIpc) is 2.80. The van der Waals surface area contributed by atoms with Gasteiger partial charge in [-0.15, -0.1) is 0 Å². The third kappa shape index (κ3) is 2.76. The molecule has 1 N–H and O–H groups in total. The van der Waals surface area contributed by atoms with Gasteiger partial charge in [-0.05, 0) is 18.2 Å². The summed E-state index contributed by atoms with van der Waals surface area (Å²) >= 11 is 0. The summed E-state index contributed by atoms with van der Waals surface area (Å²) in [5, 5.41) is 3.62. The molecule has 2 rings (SSSR count). The van der Waals surface area contributed by atoms with Crippen LogP contribution in [0.5, 0.6) is 0 Å². The van der Waals surface area contributed by atoms with Gasteiger partial charge in [0, 0.05) is 36.3 Å². The van der Waals surface area contributed by atoms with Gasteiger partial charge in [0.25, 0.3) is 5.91 Å². The highest BCUT2D eigenvalue weighted by atomic mass is 16.5. The van der Waals surface area contributed by atoms with E-state index in [0.717, 1.165) is 10.9 Å². The number of aromatic nitrogens is 1. The molecule has 0 aliphatic rings. The molecule has 0 aliphatic heterocycles. The van der Waals surface area contributed by atoms with Gasteiger partial charge in [0.2, 0.25) is 0 Å². The Kier molecular flexibility index (Phi) is 3.85. The van der Waals surface area contributed by atoms with Crippen LogP contribution in [0.15, 0.2) is 30.5 Å². The first-order chi connectivity index (χ1) is 9.13. The molecule has 5 nitrogen and oxygen atoms in total. The van der Waals surface area contributed by atoms with Crippen molar-refractivity contribution in [3.63, 3.8) is 0 Å². The van der Waals surface area contributed by atoms with E-state index >= 15 is 0 Å². The maximum Gasteiger partial charge on any atom is 0.307 e. The number of methoxy groups -OCH3 is 1. The molecular formula is C14H16N2O3. The maximum absolute atomic E-state index is 12.1. The molecule has 1 amide bonds. The quantitative estimate of drug-likeness (QED) is 0.847. The first-order valence-electron chi connectivity index (χ1n) is 6.02. The van der Waals surface area contributed by atoms with Crippen LogP contribution in [-0.2, 0) is 16.6 Å². The zero-order chi connectivity index (χ0) is 13.8. The second-order valence-electron chi connectivity index (χ2n) is 4.25. The van der Waals surface area contributed by atoms with Gasteiger partial charge >= 0.3 is 5.97 Å². The molecule has 2 aromatic rings. The van der Waals surface area contributed by atoms with Gasteiger partial charge in [-0.2, -0.15) is 0 Å². The molecule has 1 aromatic carbocycles. The van der Waals surface area contributed by atoms with Crippen LogP contribution in [0.25, 0.3) is 10.9 Å². The second-order valence-corrected chi connectivity index (χ2v) is 4.25. The fourth-order valence-electron chi connectivity index (χ4n) is 1.98. The molecule has 0 saturated heterocycles. The van der Waals surface area contributed by atoms with Crippen LogP contribution in [0.3, 0.4) is 0 Å². The van der Waals surface area contributed by atoms with Gasteiger partial charge < -0.3 is 14.6 Å². The number of carbonyl (C=O) groups is 2. The summed E-state index contributed by atoms with van der Waals surface area (Å²) in [6, 6.07) is 7.48. The fraction of sp³-hybridized carbons (Fsp3) is 0.286. The molecule has 5 heteroatoms. The fourth-order valence-corrected chi connectivity index (χ4v) is 1.98. The predicted molar refractivity (Wildman–Crippen MR) is 71.9 cm³/mol. The summed E-state index contributed by atoms with van der Waals surface area (Å²) in [7, 11) is 3.26. The minimum absolute atomic E-state index is 0.174. The molecule has 0 saturated carbocycles. The van der Waals surface area contributed by atoms with Crippen molar-refractivity contribution in [2.24, 2.45) is 7.05 Å². The van der Waals surface area contributed by atoms with Crippen molar-refractivity contribution in [2.75, 3.05) is 13.7 Å². The first-order valence-corrected chi connectivity index (χ1v) is 6.02. The summed E-state index contributed by atoms with van der Waals surface area (Å²) in [5.74, 6) is -0.515. The van der Waals surface area contributed by atoms with Crippen LogP contribution in [0.2, 0.25) is 0 Å². The zero-order valence-corrected chi connectivity index (χ0v) is 11.0. The van der Waals surface area contributed by atoms with E-state index in [2.05, 4.69) is 10.1 Å². The van der Waals surface area contributed by atoms with Crippen molar-refractivity contribution in [3.05, 3.63) is 36.0 Å². The lowest BCUT2D eigenvalue weighted by Gasteiger charge is -2.06. The molecule has 1 heterocycles. The molecular weight excluding hydrogens is 244 g/mol. The summed E-state index contributed by atoms with van der Waals surface area (Å²) in [6.45, 7) is 0.273. The number of ether oxygens (including phenoxy) is 1. The third-order valence-electron chi connectivity index (χ3n) is 3.01. The van der Waals surface area contributed by atoms with Gasteiger partial charge in [0.15, 0.2) is 0 Å². The number of nitrogens with zero attached hydrogens (tertiary/aromatic N) is 1. The molecule has 100 valence electrons. The van der Waals surface area contributed by atoms with E-state index in [1.807, 2.05) is 36.0 Å². The van der Waals surface area contributed by atoms with Crippen LogP contribution in [-0.4, -0.2) is 30.1 Å².